The molecule has 1 saturated carbocycles. The molecule has 0 spiro atoms. The number of nitrogens with zero attached hydrogens (tertiary/aromatic N) is 1. The lowest BCUT2D eigenvalue weighted by molar-refractivity contribution is -0.129. The molecular weight excluding hydrogens is 364 g/mol. The molecule has 0 atom stereocenters. The van der Waals surface area contributed by atoms with Crippen LogP contribution in [0.1, 0.15) is 61.9 Å². The highest BCUT2D eigenvalue weighted by atomic mass is 16.5. The van der Waals surface area contributed by atoms with E-state index in [9.17, 15) is 9.59 Å². The molecule has 0 heterocycles. The highest BCUT2D eigenvalue weighted by Crippen LogP contribution is 2.24. The Balaban J connectivity index is 1.65. The van der Waals surface area contributed by atoms with Crippen LogP contribution in [0.15, 0.2) is 48.5 Å². The molecule has 5 heteroatoms. The SMILES string of the molecule is CCN(Cc1ccccc1NC(=O)c1ccc(OC2CCCCC2)cc1)C(C)=O. The molecule has 2 aromatic carbocycles. The second kappa shape index (κ2) is 10.1. The highest BCUT2D eigenvalue weighted by molar-refractivity contribution is 6.04. The smallest absolute Gasteiger partial charge is 0.255 e. The Kier molecular flexibility index (Phi) is 7.28. The number of carbonyl (C=O) groups is 2. The number of benzene rings is 2. The minimum atomic E-state index is -0.174. The first-order valence-corrected chi connectivity index (χ1v) is 10.5. The van der Waals surface area contributed by atoms with Crippen LogP contribution in [0.5, 0.6) is 5.75 Å². The second-order valence-electron chi connectivity index (χ2n) is 7.55. The van der Waals surface area contributed by atoms with E-state index in [1.165, 1.54) is 19.3 Å². The van der Waals surface area contributed by atoms with Crippen LogP contribution in [-0.4, -0.2) is 29.4 Å². The van der Waals surface area contributed by atoms with E-state index in [0.29, 0.717) is 18.7 Å². The average molecular weight is 395 g/mol. The van der Waals surface area contributed by atoms with Gasteiger partial charge in [-0.2, -0.15) is 0 Å². The molecule has 0 saturated heterocycles. The molecule has 154 valence electrons. The lowest BCUT2D eigenvalue weighted by Gasteiger charge is -2.23. The third kappa shape index (κ3) is 5.83. The lowest BCUT2D eigenvalue weighted by Crippen LogP contribution is -2.28. The summed E-state index contributed by atoms with van der Waals surface area (Å²) in [7, 11) is 0. The number of para-hydroxylation sites is 1. The number of hydrogen-bond donors (Lipinski definition) is 1. The number of ether oxygens (including phenoxy) is 1. The first kappa shape index (κ1) is 20.9. The van der Waals surface area contributed by atoms with Crippen LogP contribution in [0, 0.1) is 0 Å². The van der Waals surface area contributed by atoms with E-state index in [4.69, 9.17) is 4.74 Å². The Morgan fingerprint density at radius 1 is 1.03 bits per heavy atom. The van der Waals surface area contributed by atoms with Crippen LogP contribution < -0.4 is 10.1 Å². The summed E-state index contributed by atoms with van der Waals surface area (Å²) in [5, 5.41) is 2.98. The van der Waals surface area contributed by atoms with Crippen molar-refractivity contribution in [1.29, 1.82) is 0 Å². The van der Waals surface area contributed by atoms with E-state index >= 15 is 0 Å². The fourth-order valence-corrected chi connectivity index (χ4v) is 3.69. The van der Waals surface area contributed by atoms with Crippen LogP contribution >= 0.6 is 0 Å². The minimum absolute atomic E-state index is 0.0159. The lowest BCUT2D eigenvalue weighted by atomic mass is 9.98. The van der Waals surface area contributed by atoms with Crippen molar-refractivity contribution in [2.24, 2.45) is 0 Å². The summed E-state index contributed by atoms with van der Waals surface area (Å²) in [5.74, 6) is 0.656. The van der Waals surface area contributed by atoms with Gasteiger partial charge >= 0.3 is 0 Å². The molecule has 0 aromatic heterocycles. The van der Waals surface area contributed by atoms with Crippen LogP contribution in [-0.2, 0) is 11.3 Å². The number of rotatable bonds is 7. The van der Waals surface area contributed by atoms with Gasteiger partial charge in [0.25, 0.3) is 5.91 Å². The molecule has 29 heavy (non-hydrogen) atoms. The van der Waals surface area contributed by atoms with Gasteiger partial charge < -0.3 is 15.0 Å². The third-order valence-electron chi connectivity index (χ3n) is 5.43. The molecule has 0 bridgehead atoms. The monoisotopic (exact) mass is 394 g/mol. The number of carbonyl (C=O) groups excluding carboxylic acids is 2. The van der Waals surface area contributed by atoms with Gasteiger partial charge in [-0.3, -0.25) is 9.59 Å². The Hall–Kier alpha value is -2.82. The summed E-state index contributed by atoms with van der Waals surface area (Å²) in [4.78, 5) is 26.2. The zero-order valence-corrected chi connectivity index (χ0v) is 17.3. The predicted molar refractivity (Wildman–Crippen MR) is 115 cm³/mol. The van der Waals surface area contributed by atoms with Gasteiger partial charge in [0, 0.05) is 31.3 Å². The van der Waals surface area contributed by atoms with E-state index in [0.717, 1.165) is 29.8 Å². The van der Waals surface area contributed by atoms with Gasteiger partial charge in [-0.05, 0) is 68.5 Å². The van der Waals surface area contributed by atoms with Crippen molar-refractivity contribution in [3.63, 3.8) is 0 Å². The Labute approximate surface area is 173 Å². The van der Waals surface area contributed by atoms with Crippen molar-refractivity contribution < 1.29 is 14.3 Å². The average Bonchev–Trinajstić information content (AvgIpc) is 2.74. The van der Waals surface area contributed by atoms with Gasteiger partial charge in [-0.15, -0.1) is 0 Å². The second-order valence-corrected chi connectivity index (χ2v) is 7.55. The zero-order chi connectivity index (χ0) is 20.6. The summed E-state index contributed by atoms with van der Waals surface area (Å²) in [6.07, 6.45) is 6.25. The van der Waals surface area contributed by atoms with Crippen LogP contribution in [0.4, 0.5) is 5.69 Å². The largest absolute Gasteiger partial charge is 0.490 e. The highest BCUT2D eigenvalue weighted by Gasteiger charge is 2.16. The molecule has 0 unspecified atom stereocenters. The fourth-order valence-electron chi connectivity index (χ4n) is 3.69. The van der Waals surface area contributed by atoms with Gasteiger partial charge in [-0.1, -0.05) is 24.6 Å². The number of nitrogens with one attached hydrogen (secondary N) is 1. The summed E-state index contributed by atoms with van der Waals surface area (Å²) < 4.78 is 6.04. The summed E-state index contributed by atoms with van der Waals surface area (Å²) in [6.45, 7) is 4.59. The maximum atomic E-state index is 12.7. The minimum Gasteiger partial charge on any atom is -0.490 e. The molecule has 1 aliphatic carbocycles. The normalized spacial score (nSPS) is 14.3. The molecule has 1 fully saturated rings. The molecular formula is C24H30N2O3. The van der Waals surface area contributed by atoms with E-state index in [-0.39, 0.29) is 17.9 Å². The summed E-state index contributed by atoms with van der Waals surface area (Å²) in [5.41, 5.74) is 2.21. The van der Waals surface area contributed by atoms with Gasteiger partial charge in [0.15, 0.2) is 0 Å². The Morgan fingerprint density at radius 2 is 1.72 bits per heavy atom. The Morgan fingerprint density at radius 3 is 2.38 bits per heavy atom. The summed E-state index contributed by atoms with van der Waals surface area (Å²) in [6, 6.07) is 14.9. The fraction of sp³-hybridized carbons (Fsp3) is 0.417. The van der Waals surface area contributed by atoms with E-state index in [1.54, 1.807) is 24.0 Å². The maximum absolute atomic E-state index is 12.7. The molecule has 5 nitrogen and oxygen atoms in total. The van der Waals surface area contributed by atoms with Crippen LogP contribution in [0.2, 0.25) is 0 Å². The van der Waals surface area contributed by atoms with Crippen LogP contribution in [0.3, 0.4) is 0 Å². The third-order valence-corrected chi connectivity index (χ3v) is 5.43. The topological polar surface area (TPSA) is 58.6 Å². The van der Waals surface area contributed by atoms with Crippen molar-refractivity contribution in [3.8, 4) is 5.75 Å². The molecule has 1 N–H and O–H groups in total. The predicted octanol–water partition coefficient (Wildman–Crippen LogP) is 5.02. The van der Waals surface area contributed by atoms with Gasteiger partial charge in [0.2, 0.25) is 5.91 Å². The van der Waals surface area contributed by atoms with E-state index < -0.39 is 0 Å². The number of amides is 2. The van der Waals surface area contributed by atoms with E-state index in [1.807, 2.05) is 43.3 Å². The van der Waals surface area contributed by atoms with Crippen molar-refractivity contribution in [1.82, 2.24) is 4.90 Å². The Bertz CT molecular complexity index is 826. The molecule has 2 aromatic rings. The first-order chi connectivity index (χ1) is 14.1. The molecule has 1 aliphatic rings. The van der Waals surface area contributed by atoms with Crippen LogP contribution in [0.25, 0.3) is 0 Å². The van der Waals surface area contributed by atoms with Gasteiger partial charge in [-0.25, -0.2) is 0 Å². The van der Waals surface area contributed by atoms with Crippen molar-refractivity contribution in [2.45, 2.75) is 58.6 Å². The quantitative estimate of drug-likeness (QED) is 0.717. The molecule has 0 radical (unpaired) electrons. The zero-order valence-electron chi connectivity index (χ0n) is 17.3. The molecule has 2 amide bonds. The maximum Gasteiger partial charge on any atom is 0.255 e. The molecule has 3 rings (SSSR count). The van der Waals surface area contributed by atoms with Crippen molar-refractivity contribution in [2.75, 3.05) is 11.9 Å². The molecule has 0 aliphatic heterocycles. The first-order valence-electron chi connectivity index (χ1n) is 10.5. The van der Waals surface area contributed by atoms with Crippen molar-refractivity contribution in [3.05, 3.63) is 59.7 Å². The van der Waals surface area contributed by atoms with Crippen molar-refractivity contribution >= 4 is 17.5 Å². The van der Waals surface area contributed by atoms with Gasteiger partial charge in [0.1, 0.15) is 5.75 Å². The number of anilines is 1. The standard InChI is InChI=1S/C24H30N2O3/c1-3-26(18(2)27)17-20-9-7-8-12-23(20)25-24(28)19-13-15-22(16-14-19)29-21-10-5-4-6-11-21/h7-9,12-16,21H,3-6,10-11,17H2,1-2H3,(H,25,28). The van der Waals surface area contributed by atoms with E-state index in [2.05, 4.69) is 5.32 Å². The van der Waals surface area contributed by atoms with Gasteiger partial charge in [0.05, 0.1) is 6.10 Å². The number of hydrogen-bond acceptors (Lipinski definition) is 3. The summed E-state index contributed by atoms with van der Waals surface area (Å²) >= 11 is 0.